The van der Waals surface area contributed by atoms with Crippen LogP contribution in [0.1, 0.15) is 135 Å². The van der Waals surface area contributed by atoms with Crippen molar-refractivity contribution in [3.63, 3.8) is 0 Å². The van der Waals surface area contributed by atoms with Crippen LogP contribution in [0.25, 0.3) is 0 Å². The molecule has 0 aromatic rings. The molecule has 13 saturated carbocycles. The summed E-state index contributed by atoms with van der Waals surface area (Å²) in [4.78, 5) is 42.8. The molecular weight excluding hydrogens is 558 g/mol. The van der Waals surface area contributed by atoms with E-state index in [1.807, 2.05) is 0 Å². The van der Waals surface area contributed by atoms with E-state index in [1.54, 1.807) is 0 Å². The molecule has 3 amide bonds. The molecule has 0 aliphatic heterocycles. The molecule has 0 heterocycles. The summed E-state index contributed by atoms with van der Waals surface area (Å²) in [6, 6.07) is 0. The summed E-state index contributed by atoms with van der Waals surface area (Å²) in [6.45, 7) is 0. The van der Waals surface area contributed by atoms with Crippen LogP contribution < -0.4 is 16.0 Å². The highest BCUT2D eigenvalue weighted by molar-refractivity contribution is 5.87. The van der Waals surface area contributed by atoms with Crippen molar-refractivity contribution in [2.75, 3.05) is 0 Å². The lowest BCUT2D eigenvalue weighted by atomic mass is 9.52. The maximum absolute atomic E-state index is 14.3. The molecule has 6 nitrogen and oxygen atoms in total. The van der Waals surface area contributed by atoms with Gasteiger partial charge in [-0.1, -0.05) is 0 Å². The molecule has 13 aliphatic rings. The third kappa shape index (κ3) is 4.94. The van der Waals surface area contributed by atoms with Crippen LogP contribution in [0.4, 0.5) is 0 Å². The molecule has 0 radical (unpaired) electrons. The van der Waals surface area contributed by atoms with Crippen LogP contribution in [0.15, 0.2) is 0 Å². The van der Waals surface area contributed by atoms with Crippen molar-refractivity contribution in [2.24, 2.45) is 71.0 Å². The summed E-state index contributed by atoms with van der Waals surface area (Å²) in [5, 5.41) is 11.0. The van der Waals surface area contributed by atoms with Crippen molar-refractivity contribution < 1.29 is 14.4 Å². The highest BCUT2D eigenvalue weighted by Gasteiger charge is 2.56. The van der Waals surface area contributed by atoms with E-state index in [1.165, 1.54) is 57.8 Å². The number of hydrogen-bond acceptors (Lipinski definition) is 3. The zero-order valence-corrected chi connectivity index (χ0v) is 27.5. The van der Waals surface area contributed by atoms with Crippen molar-refractivity contribution in [1.29, 1.82) is 0 Å². The van der Waals surface area contributed by atoms with Gasteiger partial charge in [-0.25, -0.2) is 0 Å². The lowest BCUT2D eigenvalue weighted by Gasteiger charge is -2.57. The maximum atomic E-state index is 14.3. The molecule has 3 N–H and O–H groups in total. The molecule has 13 fully saturated rings. The summed E-state index contributed by atoms with van der Waals surface area (Å²) in [5.41, 5.74) is -0.0917. The van der Waals surface area contributed by atoms with Gasteiger partial charge >= 0.3 is 0 Å². The average Bonchev–Trinajstić information content (AvgIpc) is 2.94. The number of carbonyl (C=O) groups excluding carboxylic acids is 3. The van der Waals surface area contributed by atoms with Crippen LogP contribution in [0, 0.1) is 71.0 Å². The second-order valence-corrected chi connectivity index (χ2v) is 19.9. The van der Waals surface area contributed by atoms with Crippen LogP contribution in [0.2, 0.25) is 0 Å². The number of rotatable bonds is 6. The second-order valence-electron chi connectivity index (χ2n) is 19.9. The third-order valence-electron chi connectivity index (χ3n) is 16.1. The summed E-state index contributed by atoms with van der Waals surface area (Å²) in [5.74, 6) is 6.72. The van der Waals surface area contributed by atoms with Gasteiger partial charge in [-0.3, -0.25) is 14.4 Å². The lowest BCUT2D eigenvalue weighted by Crippen LogP contribution is -2.63. The van der Waals surface area contributed by atoms with Crippen LogP contribution in [0.5, 0.6) is 0 Å². The van der Waals surface area contributed by atoms with Gasteiger partial charge in [-0.2, -0.15) is 0 Å². The molecule has 0 saturated heterocycles. The molecule has 0 atom stereocenters. The Morgan fingerprint density at radius 2 is 0.489 bits per heavy atom. The molecule has 6 heteroatoms. The van der Waals surface area contributed by atoms with E-state index in [2.05, 4.69) is 16.0 Å². The largest absolute Gasteiger partial charge is 0.350 e. The Bertz CT molecular complexity index is 1010. The van der Waals surface area contributed by atoms with Gasteiger partial charge in [-0.05, 0) is 188 Å². The normalized spacial score (nSPS) is 54.7. The second kappa shape index (κ2) is 9.97. The molecule has 0 aromatic carbocycles. The van der Waals surface area contributed by atoms with E-state index in [0.29, 0.717) is 19.3 Å². The van der Waals surface area contributed by atoms with Crippen molar-refractivity contribution >= 4 is 17.7 Å². The minimum atomic E-state index is -0.244. The monoisotopic (exact) mass is 615 g/mol. The first kappa shape index (κ1) is 28.4. The quantitative estimate of drug-likeness (QED) is 0.329. The van der Waals surface area contributed by atoms with Gasteiger partial charge in [0.2, 0.25) is 17.7 Å². The van der Waals surface area contributed by atoms with Gasteiger partial charge in [0, 0.05) is 34.4 Å². The van der Waals surface area contributed by atoms with Crippen LogP contribution in [-0.4, -0.2) is 34.3 Å². The van der Waals surface area contributed by atoms with Crippen molar-refractivity contribution in [1.82, 2.24) is 16.0 Å². The molecule has 13 aliphatic carbocycles. The first-order valence-electron chi connectivity index (χ1n) is 19.6. The van der Waals surface area contributed by atoms with Crippen molar-refractivity contribution in [2.45, 2.75) is 151 Å². The number of carbonyl (C=O) groups is 3. The summed E-state index contributed by atoms with van der Waals surface area (Å²) in [7, 11) is 0. The predicted molar refractivity (Wildman–Crippen MR) is 171 cm³/mol. The number of hydrogen-bond donors (Lipinski definition) is 3. The van der Waals surface area contributed by atoms with Gasteiger partial charge in [0.05, 0.1) is 0 Å². The van der Waals surface area contributed by atoms with E-state index in [-0.39, 0.29) is 52.1 Å². The van der Waals surface area contributed by atoms with Gasteiger partial charge in [0.25, 0.3) is 0 Å². The minimum absolute atomic E-state index is 0.0306. The van der Waals surface area contributed by atoms with Gasteiger partial charge in [0.1, 0.15) is 0 Å². The molecule has 13 rings (SSSR count). The van der Waals surface area contributed by atoms with E-state index in [4.69, 9.17) is 0 Å². The Balaban J connectivity index is 0.881. The summed E-state index contributed by atoms with van der Waals surface area (Å²) < 4.78 is 0. The van der Waals surface area contributed by atoms with E-state index >= 15 is 0 Å². The molecule has 246 valence electrons. The first-order valence-corrected chi connectivity index (χ1v) is 19.6. The summed E-state index contributed by atoms with van der Waals surface area (Å²) >= 11 is 0. The van der Waals surface area contributed by atoms with E-state index < -0.39 is 0 Å². The van der Waals surface area contributed by atoms with E-state index in [0.717, 1.165) is 111 Å². The highest BCUT2D eigenvalue weighted by atomic mass is 16.2. The molecular formula is C39H57N3O3. The number of nitrogens with one attached hydrogen (secondary N) is 3. The Morgan fingerprint density at radius 3 is 0.667 bits per heavy atom. The fourth-order valence-electron chi connectivity index (χ4n) is 15.8. The highest BCUT2D eigenvalue weighted by Crippen LogP contribution is 2.58. The number of amides is 3. The van der Waals surface area contributed by atoms with Gasteiger partial charge in [-0.15, -0.1) is 0 Å². The van der Waals surface area contributed by atoms with Gasteiger partial charge in [0.15, 0.2) is 0 Å². The fourth-order valence-corrected chi connectivity index (χ4v) is 15.8. The standard InChI is InChI=1S/C39H57N3O3/c43-34(40-37-13-22-1-23(14-37)3-24(2-22)15-37)31-10-32(35(44)41-38-16-25-4-26(17-38)6-27(5-25)18-38)12-33(11-31)36(45)42-39-19-28-7-29(20-39)9-30(8-28)21-39/h22-33H,1-21H2,(H,40,43)(H,41,44)(H,42,45). The topological polar surface area (TPSA) is 87.3 Å². The molecule has 12 bridgehead atoms. The van der Waals surface area contributed by atoms with Crippen molar-refractivity contribution in [3.05, 3.63) is 0 Å². The first-order chi connectivity index (χ1) is 21.7. The molecule has 0 aromatic heterocycles. The third-order valence-corrected chi connectivity index (χ3v) is 16.1. The minimum Gasteiger partial charge on any atom is -0.350 e. The average molecular weight is 616 g/mol. The fraction of sp³-hybridized carbons (Fsp3) is 0.923. The van der Waals surface area contributed by atoms with Crippen LogP contribution in [-0.2, 0) is 14.4 Å². The Hall–Kier alpha value is -1.59. The Morgan fingerprint density at radius 1 is 0.311 bits per heavy atom. The molecule has 45 heavy (non-hydrogen) atoms. The SMILES string of the molecule is O=C(NC12CC3CC(CC(C3)C1)C2)C1CC(C(=O)NC23CC4CC(CC(C4)C2)C3)CC(C(=O)NC23CC4CC(CC(C4)C2)C3)C1. The van der Waals surface area contributed by atoms with Crippen LogP contribution in [0.3, 0.4) is 0 Å². The Labute approximate surface area is 270 Å². The van der Waals surface area contributed by atoms with Crippen LogP contribution >= 0.6 is 0 Å². The van der Waals surface area contributed by atoms with Crippen molar-refractivity contribution in [3.8, 4) is 0 Å². The maximum Gasteiger partial charge on any atom is 0.223 e. The molecule has 0 spiro atoms. The smallest absolute Gasteiger partial charge is 0.223 e. The van der Waals surface area contributed by atoms with Gasteiger partial charge < -0.3 is 16.0 Å². The zero-order chi connectivity index (χ0) is 30.1. The van der Waals surface area contributed by atoms with E-state index in [9.17, 15) is 14.4 Å². The Kier molecular flexibility index (Phi) is 6.30. The lowest BCUT2D eigenvalue weighted by molar-refractivity contribution is -0.140. The summed E-state index contributed by atoms with van der Waals surface area (Å²) in [6.07, 6.45) is 24.3. The zero-order valence-electron chi connectivity index (χ0n) is 27.5. The predicted octanol–water partition coefficient (Wildman–Crippen LogP) is 6.27. The molecule has 0 unspecified atom stereocenters.